The van der Waals surface area contributed by atoms with Gasteiger partial charge in [-0.3, -0.25) is 11.3 Å². The van der Waals surface area contributed by atoms with Gasteiger partial charge in [-0.05, 0) is 43.2 Å². The normalized spacial score (nSPS) is 18.6. The Hall–Kier alpha value is -0.900. The van der Waals surface area contributed by atoms with Crippen molar-refractivity contribution in [2.45, 2.75) is 45.3 Å². The Morgan fingerprint density at radius 3 is 2.72 bits per heavy atom. The number of hydrogen-bond acceptors (Lipinski definition) is 3. The Morgan fingerprint density at radius 1 is 1.39 bits per heavy atom. The number of aryl methyl sites for hydroxylation is 1. The second-order valence-electron chi connectivity index (χ2n) is 5.00. The van der Waals surface area contributed by atoms with E-state index in [1.54, 1.807) is 0 Å². The lowest BCUT2D eigenvalue weighted by Crippen LogP contribution is -2.39. The van der Waals surface area contributed by atoms with Gasteiger partial charge in [-0.1, -0.05) is 31.2 Å². The summed E-state index contributed by atoms with van der Waals surface area (Å²) in [5.74, 6) is 6.43. The summed E-state index contributed by atoms with van der Waals surface area (Å²) in [7, 11) is 0. The van der Waals surface area contributed by atoms with Gasteiger partial charge in [0.15, 0.2) is 0 Å². The first kappa shape index (κ1) is 13.5. The molecule has 1 aromatic rings. The standard InChI is InChI=1S/C15H24N2O/c1-3-11-6-5-7-13(10-11)14(17-16)15(18-4-2)12-8-9-12/h5-7,10,12,14-15,17H,3-4,8-9,16H2,1-2H3. The highest BCUT2D eigenvalue weighted by Crippen LogP contribution is 2.39. The molecule has 3 heteroatoms. The number of ether oxygens (including phenoxy) is 1. The van der Waals surface area contributed by atoms with Gasteiger partial charge in [0.2, 0.25) is 0 Å². The first-order valence-corrected chi connectivity index (χ1v) is 6.96. The lowest BCUT2D eigenvalue weighted by molar-refractivity contribution is 0.0185. The van der Waals surface area contributed by atoms with E-state index < -0.39 is 0 Å². The van der Waals surface area contributed by atoms with Crippen LogP contribution in [-0.4, -0.2) is 12.7 Å². The van der Waals surface area contributed by atoms with Crippen molar-refractivity contribution >= 4 is 0 Å². The average molecular weight is 248 g/mol. The molecule has 1 aromatic carbocycles. The van der Waals surface area contributed by atoms with E-state index in [2.05, 4.69) is 36.6 Å². The van der Waals surface area contributed by atoms with E-state index in [1.165, 1.54) is 24.0 Å². The van der Waals surface area contributed by atoms with Crippen LogP contribution in [0.3, 0.4) is 0 Å². The van der Waals surface area contributed by atoms with Crippen molar-refractivity contribution < 1.29 is 4.74 Å². The van der Waals surface area contributed by atoms with E-state index in [9.17, 15) is 0 Å². The number of nitrogens with one attached hydrogen (secondary N) is 1. The molecule has 3 N–H and O–H groups in total. The highest BCUT2D eigenvalue weighted by atomic mass is 16.5. The molecule has 0 heterocycles. The van der Waals surface area contributed by atoms with Gasteiger partial charge >= 0.3 is 0 Å². The fourth-order valence-corrected chi connectivity index (χ4v) is 2.51. The van der Waals surface area contributed by atoms with Gasteiger partial charge in [-0.25, -0.2) is 0 Å². The van der Waals surface area contributed by atoms with Crippen molar-refractivity contribution in [3.8, 4) is 0 Å². The summed E-state index contributed by atoms with van der Waals surface area (Å²) in [4.78, 5) is 0. The smallest absolute Gasteiger partial charge is 0.0810 e. The molecule has 1 aliphatic carbocycles. The van der Waals surface area contributed by atoms with Crippen LogP contribution in [-0.2, 0) is 11.2 Å². The molecule has 100 valence electrons. The lowest BCUT2D eigenvalue weighted by Gasteiger charge is -2.27. The van der Waals surface area contributed by atoms with E-state index in [4.69, 9.17) is 10.6 Å². The zero-order valence-electron chi connectivity index (χ0n) is 11.4. The second-order valence-corrected chi connectivity index (χ2v) is 5.00. The molecule has 2 unspecified atom stereocenters. The Morgan fingerprint density at radius 2 is 2.17 bits per heavy atom. The van der Waals surface area contributed by atoms with Crippen molar-refractivity contribution in [3.05, 3.63) is 35.4 Å². The highest BCUT2D eigenvalue weighted by Gasteiger charge is 2.37. The van der Waals surface area contributed by atoms with Gasteiger partial charge in [-0.15, -0.1) is 0 Å². The Labute approximate surface area is 110 Å². The minimum absolute atomic E-state index is 0.101. The summed E-state index contributed by atoms with van der Waals surface area (Å²) in [6, 6.07) is 8.74. The molecule has 0 bridgehead atoms. The van der Waals surface area contributed by atoms with E-state index >= 15 is 0 Å². The molecular formula is C15H24N2O. The average Bonchev–Trinajstić information content (AvgIpc) is 3.23. The predicted octanol–water partition coefficient (Wildman–Crippen LogP) is 2.57. The fourth-order valence-electron chi connectivity index (χ4n) is 2.51. The zero-order chi connectivity index (χ0) is 13.0. The Kier molecular flexibility index (Phi) is 4.75. The molecular weight excluding hydrogens is 224 g/mol. The van der Waals surface area contributed by atoms with Gasteiger partial charge in [0, 0.05) is 6.61 Å². The number of hydrazine groups is 1. The van der Waals surface area contributed by atoms with Crippen molar-refractivity contribution in [2.75, 3.05) is 6.61 Å². The monoisotopic (exact) mass is 248 g/mol. The third-order valence-corrected chi connectivity index (χ3v) is 3.67. The Balaban J connectivity index is 2.19. The van der Waals surface area contributed by atoms with Crippen LogP contribution in [0.5, 0.6) is 0 Å². The van der Waals surface area contributed by atoms with Crippen LogP contribution >= 0.6 is 0 Å². The van der Waals surface area contributed by atoms with Gasteiger partial charge < -0.3 is 4.74 Å². The Bertz CT molecular complexity index is 377. The molecule has 0 saturated heterocycles. The van der Waals surface area contributed by atoms with E-state index in [0.29, 0.717) is 5.92 Å². The van der Waals surface area contributed by atoms with Crippen LogP contribution in [0.15, 0.2) is 24.3 Å². The minimum atomic E-state index is 0.101. The third-order valence-electron chi connectivity index (χ3n) is 3.67. The van der Waals surface area contributed by atoms with Crippen LogP contribution in [0.25, 0.3) is 0 Å². The van der Waals surface area contributed by atoms with Gasteiger partial charge in [0.1, 0.15) is 0 Å². The lowest BCUT2D eigenvalue weighted by atomic mass is 9.96. The minimum Gasteiger partial charge on any atom is -0.376 e. The predicted molar refractivity (Wildman–Crippen MR) is 74.0 cm³/mol. The van der Waals surface area contributed by atoms with Crippen LogP contribution in [0, 0.1) is 5.92 Å². The van der Waals surface area contributed by atoms with Gasteiger partial charge in [0.25, 0.3) is 0 Å². The molecule has 2 rings (SSSR count). The number of benzene rings is 1. The molecule has 0 radical (unpaired) electrons. The molecule has 18 heavy (non-hydrogen) atoms. The molecule has 0 aliphatic heterocycles. The van der Waals surface area contributed by atoms with Crippen molar-refractivity contribution in [1.82, 2.24) is 5.43 Å². The molecule has 2 atom stereocenters. The summed E-state index contributed by atoms with van der Waals surface area (Å²) in [5, 5.41) is 0. The summed E-state index contributed by atoms with van der Waals surface area (Å²) in [6.45, 7) is 4.96. The molecule has 0 spiro atoms. The van der Waals surface area contributed by atoms with E-state index in [1.807, 2.05) is 6.92 Å². The SMILES string of the molecule is CCOC(C1CC1)C(NN)c1cccc(CC)c1. The number of rotatable bonds is 7. The highest BCUT2D eigenvalue weighted by molar-refractivity contribution is 5.27. The van der Waals surface area contributed by atoms with Crippen LogP contribution in [0.2, 0.25) is 0 Å². The van der Waals surface area contributed by atoms with Crippen LogP contribution in [0.1, 0.15) is 43.9 Å². The largest absolute Gasteiger partial charge is 0.376 e. The van der Waals surface area contributed by atoms with Gasteiger partial charge in [-0.2, -0.15) is 0 Å². The van der Waals surface area contributed by atoms with Crippen LogP contribution < -0.4 is 11.3 Å². The summed E-state index contributed by atoms with van der Waals surface area (Å²) in [6.07, 6.45) is 3.77. The van der Waals surface area contributed by atoms with E-state index in [0.717, 1.165) is 13.0 Å². The summed E-state index contributed by atoms with van der Waals surface area (Å²) < 4.78 is 5.90. The van der Waals surface area contributed by atoms with E-state index in [-0.39, 0.29) is 12.1 Å². The van der Waals surface area contributed by atoms with Gasteiger partial charge in [0.05, 0.1) is 12.1 Å². The first-order chi connectivity index (χ1) is 8.80. The maximum absolute atomic E-state index is 5.90. The topological polar surface area (TPSA) is 47.3 Å². The second kappa shape index (κ2) is 6.32. The first-order valence-electron chi connectivity index (χ1n) is 6.96. The molecule has 3 nitrogen and oxygen atoms in total. The van der Waals surface area contributed by atoms with Crippen molar-refractivity contribution in [2.24, 2.45) is 11.8 Å². The quantitative estimate of drug-likeness (QED) is 0.576. The molecule has 1 fully saturated rings. The molecule has 0 amide bonds. The summed E-state index contributed by atoms with van der Waals surface area (Å²) in [5.41, 5.74) is 5.54. The van der Waals surface area contributed by atoms with Crippen molar-refractivity contribution in [1.29, 1.82) is 0 Å². The zero-order valence-corrected chi connectivity index (χ0v) is 11.4. The maximum atomic E-state index is 5.90. The fraction of sp³-hybridized carbons (Fsp3) is 0.600. The molecule has 0 aromatic heterocycles. The number of nitrogens with two attached hydrogens (primary N) is 1. The maximum Gasteiger partial charge on any atom is 0.0810 e. The van der Waals surface area contributed by atoms with Crippen molar-refractivity contribution in [3.63, 3.8) is 0 Å². The summed E-state index contributed by atoms with van der Waals surface area (Å²) >= 11 is 0. The van der Waals surface area contributed by atoms with Crippen LogP contribution in [0.4, 0.5) is 0 Å². The number of hydrogen-bond donors (Lipinski definition) is 2. The molecule has 1 aliphatic rings. The molecule has 1 saturated carbocycles. The third kappa shape index (κ3) is 3.10.